The van der Waals surface area contributed by atoms with E-state index >= 15 is 0 Å². The average molecular weight is 389 g/mol. The van der Waals surface area contributed by atoms with Crippen LogP contribution in [0.4, 0.5) is 5.13 Å². The molecule has 0 saturated carbocycles. The Morgan fingerprint density at radius 3 is 2.54 bits per heavy atom. The van der Waals surface area contributed by atoms with E-state index < -0.39 is 6.10 Å². The van der Waals surface area contributed by atoms with E-state index in [1.807, 2.05) is 29.6 Å². The Morgan fingerprint density at radius 1 is 1.15 bits per heavy atom. The van der Waals surface area contributed by atoms with Gasteiger partial charge >= 0.3 is 0 Å². The van der Waals surface area contributed by atoms with Gasteiger partial charge in [-0.2, -0.15) is 0 Å². The van der Waals surface area contributed by atoms with Gasteiger partial charge < -0.3 is 9.47 Å². The number of benzene rings is 2. The summed E-state index contributed by atoms with van der Waals surface area (Å²) in [5.74, 6) is 0.804. The number of nitrogens with one attached hydrogen (secondary N) is 1. The van der Waals surface area contributed by atoms with Crippen LogP contribution in [0.1, 0.15) is 6.92 Å². The van der Waals surface area contributed by atoms with Crippen molar-refractivity contribution in [3.63, 3.8) is 0 Å². The summed E-state index contributed by atoms with van der Waals surface area (Å²) in [6, 6.07) is 14.6. The van der Waals surface area contributed by atoms with Crippen molar-refractivity contribution in [2.45, 2.75) is 13.0 Å². The lowest BCUT2D eigenvalue weighted by Gasteiger charge is -2.15. The topological polar surface area (TPSA) is 60.5 Å². The van der Waals surface area contributed by atoms with Crippen molar-refractivity contribution < 1.29 is 14.3 Å². The molecule has 5 nitrogen and oxygen atoms in total. The molecule has 3 aromatic rings. The summed E-state index contributed by atoms with van der Waals surface area (Å²) in [5, 5.41) is 5.83. The van der Waals surface area contributed by atoms with Crippen molar-refractivity contribution in [2.24, 2.45) is 0 Å². The molecule has 0 bridgehead atoms. The average Bonchev–Trinajstić information content (AvgIpc) is 3.11. The standard InChI is InChI=1S/C19H17ClN2O3S/c1-12(25-17-6-4-3-5-16(17)24-2)18(23)22-19-21-15(11-26-19)13-7-9-14(20)10-8-13/h3-12H,1-2H3,(H,21,22,23)/t12-/m0/s1. The quantitative estimate of drug-likeness (QED) is 0.653. The maximum absolute atomic E-state index is 12.4. The number of halogens is 1. The molecule has 134 valence electrons. The first-order chi connectivity index (χ1) is 12.6. The van der Waals surface area contributed by atoms with Gasteiger partial charge in [-0.1, -0.05) is 35.9 Å². The summed E-state index contributed by atoms with van der Waals surface area (Å²) in [6.45, 7) is 1.68. The molecular weight excluding hydrogens is 372 g/mol. The molecule has 1 aromatic heterocycles. The highest BCUT2D eigenvalue weighted by molar-refractivity contribution is 7.14. The van der Waals surface area contributed by atoms with Gasteiger partial charge in [0.1, 0.15) is 0 Å². The summed E-state index contributed by atoms with van der Waals surface area (Å²) >= 11 is 7.25. The molecule has 0 unspecified atom stereocenters. The maximum atomic E-state index is 12.4. The largest absolute Gasteiger partial charge is 0.493 e. The third-order valence-corrected chi connectivity index (χ3v) is 4.63. The van der Waals surface area contributed by atoms with E-state index in [0.29, 0.717) is 21.7 Å². The van der Waals surface area contributed by atoms with Gasteiger partial charge in [-0.15, -0.1) is 11.3 Å². The SMILES string of the molecule is COc1ccccc1O[C@@H](C)C(=O)Nc1nc(-c2ccc(Cl)cc2)cs1. The number of carbonyl (C=O) groups is 1. The Kier molecular flexibility index (Phi) is 5.75. The number of rotatable bonds is 6. The molecule has 0 aliphatic heterocycles. The summed E-state index contributed by atoms with van der Waals surface area (Å²) in [4.78, 5) is 16.8. The lowest BCUT2D eigenvalue weighted by Crippen LogP contribution is -2.30. The molecule has 0 aliphatic carbocycles. The molecule has 1 heterocycles. The summed E-state index contributed by atoms with van der Waals surface area (Å²) in [7, 11) is 1.56. The van der Waals surface area contributed by atoms with Crippen molar-refractivity contribution >= 4 is 34.0 Å². The van der Waals surface area contributed by atoms with Crippen LogP contribution in [-0.2, 0) is 4.79 Å². The van der Waals surface area contributed by atoms with Crippen LogP contribution < -0.4 is 14.8 Å². The molecule has 1 amide bonds. The molecule has 0 spiro atoms. The number of anilines is 1. The number of hydrogen-bond donors (Lipinski definition) is 1. The van der Waals surface area contributed by atoms with Crippen LogP contribution in [0.2, 0.25) is 5.02 Å². The van der Waals surface area contributed by atoms with E-state index in [-0.39, 0.29) is 5.91 Å². The summed E-state index contributed by atoms with van der Waals surface area (Å²) in [5.41, 5.74) is 1.71. The minimum Gasteiger partial charge on any atom is -0.493 e. The summed E-state index contributed by atoms with van der Waals surface area (Å²) < 4.78 is 10.9. The van der Waals surface area contributed by atoms with Crippen molar-refractivity contribution in [3.05, 3.63) is 58.9 Å². The van der Waals surface area contributed by atoms with Crippen LogP contribution in [-0.4, -0.2) is 24.1 Å². The number of amides is 1. The van der Waals surface area contributed by atoms with E-state index in [9.17, 15) is 4.79 Å². The van der Waals surface area contributed by atoms with E-state index in [1.54, 1.807) is 38.3 Å². The Balaban J connectivity index is 1.65. The first kappa shape index (κ1) is 18.2. The van der Waals surface area contributed by atoms with Crippen molar-refractivity contribution in [2.75, 3.05) is 12.4 Å². The van der Waals surface area contributed by atoms with Gasteiger partial charge in [0.15, 0.2) is 22.7 Å². The number of thiazole rings is 1. The van der Waals surface area contributed by atoms with Gasteiger partial charge in [-0.3, -0.25) is 10.1 Å². The Bertz CT molecular complexity index is 896. The Hall–Kier alpha value is -2.57. The number of nitrogens with zero attached hydrogens (tertiary/aromatic N) is 1. The van der Waals surface area contributed by atoms with Gasteiger partial charge in [0, 0.05) is 16.0 Å². The van der Waals surface area contributed by atoms with Gasteiger partial charge in [0.25, 0.3) is 5.91 Å². The Morgan fingerprint density at radius 2 is 1.85 bits per heavy atom. The molecule has 3 rings (SSSR count). The van der Waals surface area contributed by atoms with E-state index in [0.717, 1.165) is 11.3 Å². The number of aromatic nitrogens is 1. The second-order valence-corrected chi connectivity index (χ2v) is 6.74. The molecule has 0 fully saturated rings. The van der Waals surface area contributed by atoms with Crippen molar-refractivity contribution in [3.8, 4) is 22.8 Å². The lowest BCUT2D eigenvalue weighted by molar-refractivity contribution is -0.122. The number of para-hydroxylation sites is 2. The number of ether oxygens (including phenoxy) is 2. The van der Waals surface area contributed by atoms with Crippen LogP contribution in [0.15, 0.2) is 53.9 Å². The number of methoxy groups -OCH3 is 1. The minimum atomic E-state index is -0.700. The third-order valence-electron chi connectivity index (χ3n) is 3.62. The molecule has 0 radical (unpaired) electrons. The molecular formula is C19H17ClN2O3S. The smallest absolute Gasteiger partial charge is 0.266 e. The highest BCUT2D eigenvalue weighted by atomic mass is 35.5. The maximum Gasteiger partial charge on any atom is 0.266 e. The highest BCUT2D eigenvalue weighted by Crippen LogP contribution is 2.28. The van der Waals surface area contributed by atoms with Crippen LogP contribution >= 0.6 is 22.9 Å². The normalized spacial score (nSPS) is 11.7. The number of hydrogen-bond acceptors (Lipinski definition) is 5. The fourth-order valence-corrected chi connectivity index (χ4v) is 3.10. The minimum absolute atomic E-state index is 0.284. The van der Waals surface area contributed by atoms with E-state index in [4.69, 9.17) is 21.1 Å². The van der Waals surface area contributed by atoms with Gasteiger partial charge in [-0.25, -0.2) is 4.98 Å². The van der Waals surface area contributed by atoms with Gasteiger partial charge in [0.05, 0.1) is 12.8 Å². The zero-order valence-electron chi connectivity index (χ0n) is 14.2. The first-order valence-corrected chi connectivity index (χ1v) is 9.14. The summed E-state index contributed by atoms with van der Waals surface area (Å²) in [6.07, 6.45) is -0.700. The molecule has 7 heteroatoms. The van der Waals surface area contributed by atoms with Crippen molar-refractivity contribution in [1.29, 1.82) is 0 Å². The predicted molar refractivity (Wildman–Crippen MR) is 104 cm³/mol. The highest BCUT2D eigenvalue weighted by Gasteiger charge is 2.18. The molecule has 0 aliphatic rings. The predicted octanol–water partition coefficient (Wildman–Crippen LogP) is 4.88. The molecule has 2 aromatic carbocycles. The molecule has 26 heavy (non-hydrogen) atoms. The van der Waals surface area contributed by atoms with Crippen LogP contribution in [0.3, 0.4) is 0 Å². The fourth-order valence-electron chi connectivity index (χ4n) is 2.25. The molecule has 1 N–H and O–H groups in total. The zero-order valence-corrected chi connectivity index (χ0v) is 15.8. The molecule has 1 atom stereocenters. The van der Waals surface area contributed by atoms with E-state index in [1.165, 1.54) is 11.3 Å². The zero-order chi connectivity index (χ0) is 18.5. The van der Waals surface area contributed by atoms with E-state index in [2.05, 4.69) is 10.3 Å². The second kappa shape index (κ2) is 8.21. The second-order valence-electron chi connectivity index (χ2n) is 5.44. The monoisotopic (exact) mass is 388 g/mol. The van der Waals surface area contributed by atoms with Gasteiger partial charge in [-0.05, 0) is 31.2 Å². The van der Waals surface area contributed by atoms with Crippen LogP contribution in [0, 0.1) is 0 Å². The fraction of sp³-hybridized carbons (Fsp3) is 0.158. The lowest BCUT2D eigenvalue weighted by atomic mass is 10.2. The Labute approximate surface area is 160 Å². The van der Waals surface area contributed by atoms with Gasteiger partial charge in [0.2, 0.25) is 0 Å². The third kappa shape index (κ3) is 4.33. The first-order valence-electron chi connectivity index (χ1n) is 7.89. The van der Waals surface area contributed by atoms with Crippen molar-refractivity contribution in [1.82, 2.24) is 4.98 Å². The molecule has 0 saturated heterocycles. The number of carbonyl (C=O) groups excluding carboxylic acids is 1. The van der Waals surface area contributed by atoms with Crippen LogP contribution in [0.5, 0.6) is 11.5 Å². The van der Waals surface area contributed by atoms with Crippen LogP contribution in [0.25, 0.3) is 11.3 Å².